The van der Waals surface area contributed by atoms with Crippen molar-refractivity contribution < 1.29 is 13.6 Å². The Morgan fingerprint density at radius 1 is 1.20 bits per heavy atom. The molecule has 0 bridgehead atoms. The minimum absolute atomic E-state index is 0.0344. The van der Waals surface area contributed by atoms with Crippen LogP contribution in [0.2, 0.25) is 0 Å². The van der Waals surface area contributed by atoms with Gasteiger partial charge in [-0.25, -0.2) is 4.39 Å². The predicted octanol–water partition coefficient (Wildman–Crippen LogP) is 5.12. The van der Waals surface area contributed by atoms with Gasteiger partial charge in [-0.15, -0.1) is 0 Å². The van der Waals surface area contributed by atoms with Gasteiger partial charge in [-0.05, 0) is 36.6 Å². The number of carbonyl (C=O) groups is 1. The first-order valence-electron chi connectivity index (χ1n) is 7.45. The average Bonchev–Trinajstić information content (AvgIpc) is 2.89. The van der Waals surface area contributed by atoms with Crippen molar-refractivity contribution in [1.82, 2.24) is 0 Å². The summed E-state index contributed by atoms with van der Waals surface area (Å²) in [4.78, 5) is 12.2. The van der Waals surface area contributed by atoms with Crippen molar-refractivity contribution in [1.29, 1.82) is 0 Å². The molecule has 0 radical (unpaired) electrons. The molecule has 20 heavy (non-hydrogen) atoms. The number of furan rings is 1. The molecule has 3 rings (SSSR count). The van der Waals surface area contributed by atoms with Crippen molar-refractivity contribution in [3.8, 4) is 0 Å². The molecule has 0 spiro atoms. The van der Waals surface area contributed by atoms with Gasteiger partial charge in [0, 0.05) is 11.8 Å². The van der Waals surface area contributed by atoms with Crippen LogP contribution in [0.4, 0.5) is 4.39 Å². The van der Waals surface area contributed by atoms with Crippen LogP contribution in [0.5, 0.6) is 0 Å². The van der Waals surface area contributed by atoms with Crippen LogP contribution in [0, 0.1) is 11.7 Å². The monoisotopic (exact) mass is 274 g/mol. The first-order valence-corrected chi connectivity index (χ1v) is 7.45. The molecule has 1 aliphatic rings. The smallest absolute Gasteiger partial charge is 0.198 e. The maximum atomic E-state index is 13.1. The number of benzene rings is 1. The van der Waals surface area contributed by atoms with Crippen LogP contribution >= 0.6 is 0 Å². The third kappa shape index (κ3) is 2.92. The molecular weight excluding hydrogens is 255 g/mol. The van der Waals surface area contributed by atoms with Gasteiger partial charge in [-0.2, -0.15) is 0 Å². The number of carbonyl (C=O) groups excluding carboxylic acids is 1. The summed E-state index contributed by atoms with van der Waals surface area (Å²) in [6.07, 6.45) is 7.90. The number of hydrogen-bond donors (Lipinski definition) is 0. The lowest BCUT2D eigenvalue weighted by atomic mass is 9.85. The Bertz CT molecular complexity index is 608. The number of fused-ring (bicyclic) bond motifs is 1. The zero-order valence-corrected chi connectivity index (χ0v) is 11.5. The average molecular weight is 274 g/mol. The minimum Gasteiger partial charge on any atom is -0.453 e. The fourth-order valence-corrected chi connectivity index (χ4v) is 3.09. The molecule has 106 valence electrons. The molecule has 0 saturated heterocycles. The second-order valence-electron chi connectivity index (χ2n) is 5.76. The summed E-state index contributed by atoms with van der Waals surface area (Å²) in [6.45, 7) is 0. The summed E-state index contributed by atoms with van der Waals surface area (Å²) in [5, 5.41) is 0.658. The second kappa shape index (κ2) is 5.78. The van der Waals surface area contributed by atoms with Gasteiger partial charge in [0.25, 0.3) is 0 Å². The Kier molecular flexibility index (Phi) is 3.86. The molecule has 1 fully saturated rings. The topological polar surface area (TPSA) is 30.2 Å². The number of ketones is 1. The molecule has 1 aromatic carbocycles. The minimum atomic E-state index is -0.306. The molecule has 0 amide bonds. The highest BCUT2D eigenvalue weighted by atomic mass is 19.1. The third-order valence-electron chi connectivity index (χ3n) is 4.26. The van der Waals surface area contributed by atoms with Crippen LogP contribution in [-0.4, -0.2) is 5.78 Å². The van der Waals surface area contributed by atoms with Gasteiger partial charge in [-0.3, -0.25) is 4.79 Å². The van der Waals surface area contributed by atoms with Crippen molar-refractivity contribution >= 4 is 16.8 Å². The summed E-state index contributed by atoms with van der Waals surface area (Å²) in [7, 11) is 0. The van der Waals surface area contributed by atoms with Gasteiger partial charge in [0.2, 0.25) is 0 Å². The zero-order valence-electron chi connectivity index (χ0n) is 11.5. The highest BCUT2D eigenvalue weighted by Gasteiger charge is 2.17. The molecule has 1 heterocycles. The van der Waals surface area contributed by atoms with Gasteiger partial charge in [0.1, 0.15) is 11.4 Å². The van der Waals surface area contributed by atoms with E-state index in [0.29, 0.717) is 29.1 Å². The molecule has 2 nitrogen and oxygen atoms in total. The molecular formula is C17H19FO2. The first-order chi connectivity index (χ1) is 9.72. The Balaban J connectivity index is 1.65. The fourth-order valence-electron chi connectivity index (χ4n) is 3.09. The van der Waals surface area contributed by atoms with E-state index in [0.717, 1.165) is 6.42 Å². The molecule has 0 atom stereocenters. The largest absolute Gasteiger partial charge is 0.453 e. The number of halogens is 1. The zero-order chi connectivity index (χ0) is 13.9. The van der Waals surface area contributed by atoms with E-state index in [-0.39, 0.29) is 11.6 Å². The summed E-state index contributed by atoms with van der Waals surface area (Å²) in [5.74, 6) is 0.780. The Morgan fingerprint density at radius 2 is 2.00 bits per heavy atom. The summed E-state index contributed by atoms with van der Waals surface area (Å²) >= 11 is 0. The van der Waals surface area contributed by atoms with Crippen molar-refractivity contribution in [3.05, 3.63) is 35.8 Å². The maximum absolute atomic E-state index is 13.1. The molecule has 2 aromatic rings. The van der Waals surface area contributed by atoms with Gasteiger partial charge in [-0.1, -0.05) is 32.1 Å². The van der Waals surface area contributed by atoms with Crippen LogP contribution in [0.3, 0.4) is 0 Å². The molecule has 0 unspecified atom stereocenters. The number of rotatable bonds is 4. The van der Waals surface area contributed by atoms with E-state index in [1.165, 1.54) is 44.2 Å². The molecule has 1 aliphatic carbocycles. The van der Waals surface area contributed by atoms with E-state index in [1.807, 2.05) is 0 Å². The first kappa shape index (κ1) is 13.3. The quantitative estimate of drug-likeness (QED) is 0.725. The Labute approximate surface area is 118 Å². The third-order valence-corrected chi connectivity index (χ3v) is 4.26. The van der Waals surface area contributed by atoms with Gasteiger partial charge in [0.15, 0.2) is 11.5 Å². The van der Waals surface area contributed by atoms with Crippen molar-refractivity contribution in [2.75, 3.05) is 0 Å². The predicted molar refractivity (Wildman–Crippen MR) is 76.3 cm³/mol. The van der Waals surface area contributed by atoms with Gasteiger partial charge >= 0.3 is 0 Å². The van der Waals surface area contributed by atoms with Crippen LogP contribution in [0.1, 0.15) is 55.5 Å². The lowest BCUT2D eigenvalue weighted by Crippen LogP contribution is -2.08. The van der Waals surface area contributed by atoms with Crippen LogP contribution < -0.4 is 0 Å². The van der Waals surface area contributed by atoms with E-state index in [2.05, 4.69) is 0 Å². The van der Waals surface area contributed by atoms with Crippen LogP contribution in [-0.2, 0) is 0 Å². The summed E-state index contributed by atoms with van der Waals surface area (Å²) < 4.78 is 18.6. The van der Waals surface area contributed by atoms with Gasteiger partial charge in [0.05, 0.1) is 0 Å². The van der Waals surface area contributed by atoms with E-state index in [9.17, 15) is 9.18 Å². The highest BCUT2D eigenvalue weighted by Crippen LogP contribution is 2.28. The van der Waals surface area contributed by atoms with E-state index in [1.54, 1.807) is 12.1 Å². The lowest BCUT2D eigenvalue weighted by Gasteiger charge is -2.20. The van der Waals surface area contributed by atoms with E-state index >= 15 is 0 Å². The maximum Gasteiger partial charge on any atom is 0.198 e. The number of hydrogen-bond acceptors (Lipinski definition) is 2. The Hall–Kier alpha value is -1.64. The molecule has 3 heteroatoms. The standard InChI is InChI=1S/C17H19FO2/c18-14-7-9-16-13(10-14)11-17(20-16)15(19)8-6-12-4-2-1-3-5-12/h7,9-12H,1-6,8H2. The van der Waals surface area contributed by atoms with Crippen molar-refractivity contribution in [2.45, 2.75) is 44.9 Å². The lowest BCUT2D eigenvalue weighted by molar-refractivity contribution is 0.0945. The highest BCUT2D eigenvalue weighted by molar-refractivity contribution is 5.97. The normalized spacial score (nSPS) is 16.6. The van der Waals surface area contributed by atoms with Gasteiger partial charge < -0.3 is 4.42 Å². The molecule has 0 aliphatic heterocycles. The van der Waals surface area contributed by atoms with Crippen LogP contribution in [0.15, 0.2) is 28.7 Å². The van der Waals surface area contributed by atoms with E-state index < -0.39 is 0 Å². The number of Topliss-reactive ketones (excluding diaryl/α,β-unsaturated/α-hetero) is 1. The fraction of sp³-hybridized carbons (Fsp3) is 0.471. The molecule has 1 aromatic heterocycles. The second-order valence-corrected chi connectivity index (χ2v) is 5.76. The molecule has 0 N–H and O–H groups in total. The van der Waals surface area contributed by atoms with Crippen molar-refractivity contribution in [3.63, 3.8) is 0 Å². The SMILES string of the molecule is O=C(CCC1CCCCC1)c1cc2cc(F)ccc2o1. The van der Waals surface area contributed by atoms with Crippen LogP contribution in [0.25, 0.3) is 11.0 Å². The Morgan fingerprint density at radius 3 is 2.80 bits per heavy atom. The summed E-state index contributed by atoms with van der Waals surface area (Å²) in [6, 6.07) is 5.98. The van der Waals surface area contributed by atoms with E-state index in [4.69, 9.17) is 4.42 Å². The summed E-state index contributed by atoms with van der Waals surface area (Å²) in [5.41, 5.74) is 0.576. The van der Waals surface area contributed by atoms with Crippen molar-refractivity contribution in [2.24, 2.45) is 5.92 Å². The molecule has 1 saturated carbocycles.